The molecule has 0 aromatic carbocycles. The Morgan fingerprint density at radius 2 is 1.88 bits per heavy atom. The van der Waals surface area contributed by atoms with Crippen molar-refractivity contribution < 1.29 is 13.2 Å². The van der Waals surface area contributed by atoms with Gasteiger partial charge in [-0.25, -0.2) is 13.2 Å². The molecule has 100 valence electrons. The minimum absolute atomic E-state index is 0.0881. The quantitative estimate of drug-likeness (QED) is 0.804. The van der Waals surface area contributed by atoms with Gasteiger partial charge in [-0.1, -0.05) is 13.8 Å². The second-order valence-electron chi connectivity index (χ2n) is 4.54. The van der Waals surface area contributed by atoms with Crippen LogP contribution in [-0.4, -0.2) is 50.0 Å². The Morgan fingerprint density at radius 1 is 1.29 bits per heavy atom. The van der Waals surface area contributed by atoms with Gasteiger partial charge in [0.1, 0.15) is 0 Å². The molecule has 0 aliphatic carbocycles. The highest BCUT2D eigenvalue weighted by molar-refractivity contribution is 7.91. The topological polar surface area (TPSA) is 66.5 Å². The first kappa shape index (κ1) is 14.3. The van der Waals surface area contributed by atoms with Gasteiger partial charge in [-0.15, -0.1) is 0 Å². The van der Waals surface area contributed by atoms with E-state index in [1.54, 1.807) is 4.90 Å². The lowest BCUT2D eigenvalue weighted by Crippen LogP contribution is -2.45. The van der Waals surface area contributed by atoms with E-state index in [2.05, 4.69) is 5.32 Å². The van der Waals surface area contributed by atoms with Crippen molar-refractivity contribution in [1.82, 2.24) is 10.2 Å². The molecule has 1 unspecified atom stereocenters. The molecule has 0 radical (unpaired) electrons. The van der Waals surface area contributed by atoms with Crippen LogP contribution >= 0.6 is 0 Å². The number of nitrogens with zero attached hydrogens (tertiary/aromatic N) is 1. The Kier molecular flexibility index (Phi) is 5.24. The third-order valence-corrected chi connectivity index (χ3v) is 4.60. The molecule has 1 rings (SSSR count). The zero-order valence-electron chi connectivity index (χ0n) is 10.6. The Balaban J connectivity index is 2.47. The SMILES string of the molecule is CCCN(CCC)C(=O)NC1CCS(=O)(=O)C1. The van der Waals surface area contributed by atoms with E-state index in [1.807, 2.05) is 13.8 Å². The molecule has 0 saturated carbocycles. The largest absolute Gasteiger partial charge is 0.334 e. The van der Waals surface area contributed by atoms with Gasteiger partial charge in [-0.3, -0.25) is 0 Å². The van der Waals surface area contributed by atoms with Gasteiger partial charge in [0.05, 0.1) is 11.5 Å². The van der Waals surface area contributed by atoms with E-state index < -0.39 is 9.84 Å². The molecule has 0 aromatic heterocycles. The number of amides is 2. The molecule has 17 heavy (non-hydrogen) atoms. The smallest absolute Gasteiger partial charge is 0.317 e. The maximum Gasteiger partial charge on any atom is 0.317 e. The molecular weight excluding hydrogens is 240 g/mol. The Labute approximate surface area is 103 Å². The van der Waals surface area contributed by atoms with Gasteiger partial charge < -0.3 is 10.2 Å². The molecular formula is C11H22N2O3S. The summed E-state index contributed by atoms with van der Waals surface area (Å²) in [5.74, 6) is 0.282. The van der Waals surface area contributed by atoms with Gasteiger partial charge >= 0.3 is 6.03 Å². The first-order valence-corrected chi connectivity index (χ1v) is 8.06. The van der Waals surface area contributed by atoms with Gasteiger partial charge in [0, 0.05) is 19.1 Å². The van der Waals surface area contributed by atoms with E-state index in [0.717, 1.165) is 25.9 Å². The van der Waals surface area contributed by atoms with Crippen molar-refractivity contribution in [1.29, 1.82) is 0 Å². The van der Waals surface area contributed by atoms with Crippen LogP contribution in [0.4, 0.5) is 4.79 Å². The summed E-state index contributed by atoms with van der Waals surface area (Å²) in [5, 5.41) is 2.81. The van der Waals surface area contributed by atoms with Gasteiger partial charge in [0.15, 0.2) is 9.84 Å². The summed E-state index contributed by atoms with van der Waals surface area (Å²) in [4.78, 5) is 13.7. The molecule has 0 spiro atoms. The molecule has 0 aromatic rings. The lowest BCUT2D eigenvalue weighted by molar-refractivity contribution is 0.194. The van der Waals surface area contributed by atoms with Crippen LogP contribution in [0.25, 0.3) is 0 Å². The number of nitrogens with one attached hydrogen (secondary N) is 1. The van der Waals surface area contributed by atoms with Crippen LogP contribution in [0, 0.1) is 0 Å². The summed E-state index contributed by atoms with van der Waals surface area (Å²) in [6, 6.07) is -0.334. The van der Waals surface area contributed by atoms with Crippen molar-refractivity contribution in [2.75, 3.05) is 24.6 Å². The number of rotatable bonds is 5. The standard InChI is InChI=1S/C11H22N2O3S/c1-3-6-13(7-4-2)11(14)12-10-5-8-17(15,16)9-10/h10H,3-9H2,1-2H3,(H,12,14). The molecule has 1 fully saturated rings. The molecule has 6 heteroatoms. The number of hydrogen-bond donors (Lipinski definition) is 1. The Bertz CT molecular complexity index is 348. The Morgan fingerprint density at radius 3 is 2.29 bits per heavy atom. The second kappa shape index (κ2) is 6.23. The number of carbonyl (C=O) groups is 1. The van der Waals surface area contributed by atoms with E-state index in [1.165, 1.54) is 0 Å². The number of hydrogen-bond acceptors (Lipinski definition) is 3. The highest BCUT2D eigenvalue weighted by Gasteiger charge is 2.29. The highest BCUT2D eigenvalue weighted by atomic mass is 32.2. The van der Waals surface area contributed by atoms with Crippen LogP contribution in [0.2, 0.25) is 0 Å². The van der Waals surface area contributed by atoms with Crippen molar-refractivity contribution in [3.63, 3.8) is 0 Å². The zero-order chi connectivity index (χ0) is 12.9. The lowest BCUT2D eigenvalue weighted by Gasteiger charge is -2.23. The average Bonchev–Trinajstić information content (AvgIpc) is 2.57. The summed E-state index contributed by atoms with van der Waals surface area (Å²) < 4.78 is 22.6. The third kappa shape index (κ3) is 4.53. The Hall–Kier alpha value is -0.780. The molecule has 1 atom stereocenters. The van der Waals surface area contributed by atoms with Crippen LogP contribution in [0.1, 0.15) is 33.1 Å². The van der Waals surface area contributed by atoms with Crippen LogP contribution < -0.4 is 5.32 Å². The number of carbonyl (C=O) groups excluding carboxylic acids is 1. The van der Waals surface area contributed by atoms with Gasteiger partial charge in [-0.2, -0.15) is 0 Å². The molecule has 1 heterocycles. The van der Waals surface area contributed by atoms with Crippen LogP contribution in [0.3, 0.4) is 0 Å². The third-order valence-electron chi connectivity index (χ3n) is 2.83. The molecule has 0 bridgehead atoms. The van der Waals surface area contributed by atoms with E-state index >= 15 is 0 Å². The van der Waals surface area contributed by atoms with E-state index in [0.29, 0.717) is 6.42 Å². The second-order valence-corrected chi connectivity index (χ2v) is 6.77. The molecule has 1 aliphatic heterocycles. The summed E-state index contributed by atoms with van der Waals surface area (Å²) in [6.07, 6.45) is 2.37. The summed E-state index contributed by atoms with van der Waals surface area (Å²) in [6.45, 7) is 5.49. The minimum atomic E-state index is -2.92. The maximum absolute atomic E-state index is 11.9. The minimum Gasteiger partial charge on any atom is -0.334 e. The van der Waals surface area contributed by atoms with Gasteiger partial charge in [-0.05, 0) is 19.3 Å². The molecule has 1 N–H and O–H groups in total. The maximum atomic E-state index is 11.9. The van der Waals surface area contributed by atoms with Crippen LogP contribution in [0.15, 0.2) is 0 Å². The molecule has 5 nitrogen and oxygen atoms in total. The van der Waals surface area contributed by atoms with Gasteiger partial charge in [0.2, 0.25) is 0 Å². The van der Waals surface area contributed by atoms with Gasteiger partial charge in [0.25, 0.3) is 0 Å². The zero-order valence-corrected chi connectivity index (χ0v) is 11.4. The van der Waals surface area contributed by atoms with Crippen LogP contribution in [0.5, 0.6) is 0 Å². The molecule has 2 amide bonds. The fourth-order valence-corrected chi connectivity index (χ4v) is 3.70. The van der Waals surface area contributed by atoms with Crippen molar-refractivity contribution in [3.8, 4) is 0 Å². The summed E-state index contributed by atoms with van der Waals surface area (Å²) in [5.41, 5.74) is 0. The highest BCUT2D eigenvalue weighted by Crippen LogP contribution is 2.11. The van der Waals surface area contributed by atoms with E-state index in [-0.39, 0.29) is 23.6 Å². The number of sulfone groups is 1. The molecule has 1 aliphatic rings. The fourth-order valence-electron chi connectivity index (χ4n) is 2.03. The first-order valence-electron chi connectivity index (χ1n) is 6.24. The van der Waals surface area contributed by atoms with Crippen molar-refractivity contribution in [2.24, 2.45) is 0 Å². The predicted octanol–water partition coefficient (Wildman–Crippen LogP) is 1.01. The van der Waals surface area contributed by atoms with Crippen molar-refractivity contribution in [3.05, 3.63) is 0 Å². The normalized spacial score (nSPS) is 22.4. The van der Waals surface area contributed by atoms with Crippen molar-refractivity contribution in [2.45, 2.75) is 39.2 Å². The van der Waals surface area contributed by atoms with E-state index in [4.69, 9.17) is 0 Å². The summed E-state index contributed by atoms with van der Waals surface area (Å²) >= 11 is 0. The fraction of sp³-hybridized carbons (Fsp3) is 0.909. The monoisotopic (exact) mass is 262 g/mol. The summed E-state index contributed by atoms with van der Waals surface area (Å²) in [7, 11) is -2.92. The molecule has 1 saturated heterocycles. The predicted molar refractivity (Wildman–Crippen MR) is 67.7 cm³/mol. The first-order chi connectivity index (χ1) is 7.98. The van der Waals surface area contributed by atoms with E-state index in [9.17, 15) is 13.2 Å². The van der Waals surface area contributed by atoms with Crippen LogP contribution in [-0.2, 0) is 9.84 Å². The lowest BCUT2D eigenvalue weighted by atomic mass is 10.2. The number of urea groups is 1. The van der Waals surface area contributed by atoms with Crippen molar-refractivity contribution >= 4 is 15.9 Å². The average molecular weight is 262 g/mol.